The van der Waals surface area contributed by atoms with Gasteiger partial charge in [-0.2, -0.15) is 0 Å². The average molecular weight is 339 g/mol. The van der Waals surface area contributed by atoms with Crippen LogP contribution in [0, 0.1) is 11.3 Å². The smallest absolute Gasteiger partial charge is 0.119 e. The van der Waals surface area contributed by atoms with Crippen LogP contribution in [-0.2, 0) is 4.74 Å². The molecular formula is C18H27ClN2O2. The van der Waals surface area contributed by atoms with E-state index in [0.29, 0.717) is 11.3 Å². The van der Waals surface area contributed by atoms with E-state index in [1.54, 1.807) is 0 Å². The second-order valence-electron chi connectivity index (χ2n) is 7.04. The van der Waals surface area contributed by atoms with Gasteiger partial charge in [-0.1, -0.05) is 11.6 Å². The number of ether oxygens (including phenoxy) is 2. The third-order valence-corrected chi connectivity index (χ3v) is 5.56. The van der Waals surface area contributed by atoms with Crippen molar-refractivity contribution in [2.45, 2.75) is 6.42 Å². The molecule has 4 nitrogen and oxygen atoms in total. The summed E-state index contributed by atoms with van der Waals surface area (Å²) in [5.41, 5.74) is 0.408. The van der Waals surface area contributed by atoms with Crippen LogP contribution in [0.1, 0.15) is 6.42 Å². The summed E-state index contributed by atoms with van der Waals surface area (Å²) < 4.78 is 11.3. The van der Waals surface area contributed by atoms with Crippen LogP contribution in [0.3, 0.4) is 0 Å². The fourth-order valence-corrected chi connectivity index (χ4v) is 4.32. The highest BCUT2D eigenvalue weighted by molar-refractivity contribution is 6.30. The van der Waals surface area contributed by atoms with Gasteiger partial charge in [0.2, 0.25) is 0 Å². The van der Waals surface area contributed by atoms with Crippen molar-refractivity contribution in [3.8, 4) is 5.75 Å². The standard InChI is InChI=1S/C18H27ClN2O2/c1-20-11-15(12-22-2)18(13-20)7-8-21(14-18)9-10-23-17-5-3-16(19)4-6-17/h3-6,15H,7-14H2,1-2H3/t15-,18-/m0/s1. The molecular weight excluding hydrogens is 312 g/mol. The summed E-state index contributed by atoms with van der Waals surface area (Å²) in [5, 5.41) is 0.744. The highest BCUT2D eigenvalue weighted by Gasteiger charge is 2.49. The van der Waals surface area contributed by atoms with E-state index in [-0.39, 0.29) is 0 Å². The van der Waals surface area contributed by atoms with Crippen LogP contribution in [-0.4, -0.2) is 69.9 Å². The van der Waals surface area contributed by atoms with E-state index in [1.807, 2.05) is 31.4 Å². The van der Waals surface area contributed by atoms with Crippen molar-refractivity contribution in [1.29, 1.82) is 0 Å². The summed E-state index contributed by atoms with van der Waals surface area (Å²) in [5.74, 6) is 1.54. The molecule has 2 fully saturated rings. The zero-order valence-electron chi connectivity index (χ0n) is 14.1. The number of benzene rings is 1. The maximum Gasteiger partial charge on any atom is 0.119 e. The molecule has 1 aromatic carbocycles. The summed E-state index contributed by atoms with van der Waals surface area (Å²) in [6, 6.07) is 7.58. The number of rotatable bonds is 6. The molecule has 2 heterocycles. The van der Waals surface area contributed by atoms with Gasteiger partial charge in [-0.3, -0.25) is 4.90 Å². The maximum absolute atomic E-state index is 5.89. The van der Waals surface area contributed by atoms with E-state index in [0.717, 1.165) is 50.2 Å². The Hall–Kier alpha value is -0.810. The molecule has 0 aliphatic carbocycles. The fourth-order valence-electron chi connectivity index (χ4n) is 4.19. The molecule has 0 radical (unpaired) electrons. The lowest BCUT2D eigenvalue weighted by molar-refractivity contribution is 0.0950. The molecule has 1 aromatic rings. The normalized spacial score (nSPS) is 28.7. The van der Waals surface area contributed by atoms with E-state index in [2.05, 4.69) is 16.8 Å². The molecule has 5 heteroatoms. The number of nitrogens with zero attached hydrogens (tertiary/aromatic N) is 2. The maximum atomic E-state index is 5.89. The molecule has 2 aliphatic rings. The first-order valence-electron chi connectivity index (χ1n) is 8.39. The van der Waals surface area contributed by atoms with Crippen LogP contribution in [0.4, 0.5) is 0 Å². The molecule has 2 aliphatic heterocycles. The molecule has 0 saturated carbocycles. The van der Waals surface area contributed by atoms with Crippen molar-refractivity contribution >= 4 is 11.6 Å². The number of likely N-dealkylation sites (tertiary alicyclic amines) is 2. The molecule has 2 atom stereocenters. The van der Waals surface area contributed by atoms with Crippen molar-refractivity contribution in [2.24, 2.45) is 11.3 Å². The fraction of sp³-hybridized carbons (Fsp3) is 0.667. The van der Waals surface area contributed by atoms with Gasteiger partial charge in [-0.25, -0.2) is 0 Å². The van der Waals surface area contributed by atoms with Gasteiger partial charge in [-0.05, 0) is 44.3 Å². The summed E-state index contributed by atoms with van der Waals surface area (Å²) in [6.45, 7) is 7.25. The molecule has 0 aromatic heterocycles. The Morgan fingerprint density at radius 3 is 2.78 bits per heavy atom. The lowest BCUT2D eigenvalue weighted by Gasteiger charge is -2.30. The second kappa shape index (κ2) is 7.39. The van der Waals surface area contributed by atoms with Gasteiger partial charge in [-0.15, -0.1) is 0 Å². The Morgan fingerprint density at radius 2 is 2.04 bits per heavy atom. The van der Waals surface area contributed by atoms with Crippen molar-refractivity contribution in [2.75, 3.05) is 60.1 Å². The minimum absolute atomic E-state index is 0.408. The zero-order chi connectivity index (χ0) is 16.3. The topological polar surface area (TPSA) is 24.9 Å². The minimum Gasteiger partial charge on any atom is -0.492 e. The lowest BCUT2D eigenvalue weighted by atomic mass is 9.78. The summed E-state index contributed by atoms with van der Waals surface area (Å²) in [7, 11) is 4.04. The molecule has 3 rings (SSSR count). The quantitative estimate of drug-likeness (QED) is 0.796. The lowest BCUT2D eigenvalue weighted by Crippen LogP contribution is -2.37. The van der Waals surface area contributed by atoms with E-state index in [9.17, 15) is 0 Å². The van der Waals surface area contributed by atoms with Crippen LogP contribution in [0.25, 0.3) is 0 Å². The summed E-state index contributed by atoms with van der Waals surface area (Å²) >= 11 is 5.89. The predicted octanol–water partition coefficient (Wildman–Crippen LogP) is 2.62. The highest BCUT2D eigenvalue weighted by Crippen LogP contribution is 2.43. The summed E-state index contributed by atoms with van der Waals surface area (Å²) in [4.78, 5) is 5.00. The Morgan fingerprint density at radius 1 is 1.26 bits per heavy atom. The van der Waals surface area contributed by atoms with Gasteiger partial charge in [0, 0.05) is 49.6 Å². The van der Waals surface area contributed by atoms with Gasteiger partial charge in [0.1, 0.15) is 12.4 Å². The highest BCUT2D eigenvalue weighted by atomic mass is 35.5. The summed E-state index contributed by atoms with van der Waals surface area (Å²) in [6.07, 6.45) is 1.27. The number of hydrogen-bond acceptors (Lipinski definition) is 4. The molecule has 0 unspecified atom stereocenters. The van der Waals surface area contributed by atoms with E-state index >= 15 is 0 Å². The number of hydrogen-bond donors (Lipinski definition) is 0. The van der Waals surface area contributed by atoms with Crippen molar-refractivity contribution in [1.82, 2.24) is 9.80 Å². The van der Waals surface area contributed by atoms with Gasteiger partial charge in [0.15, 0.2) is 0 Å². The predicted molar refractivity (Wildman–Crippen MR) is 93.3 cm³/mol. The van der Waals surface area contributed by atoms with Crippen molar-refractivity contribution in [3.05, 3.63) is 29.3 Å². The van der Waals surface area contributed by atoms with Crippen molar-refractivity contribution in [3.63, 3.8) is 0 Å². The monoisotopic (exact) mass is 338 g/mol. The van der Waals surface area contributed by atoms with Gasteiger partial charge in [0.05, 0.1) is 6.61 Å². The van der Waals surface area contributed by atoms with Crippen LogP contribution < -0.4 is 4.74 Å². The van der Waals surface area contributed by atoms with E-state index in [4.69, 9.17) is 21.1 Å². The Balaban J connectivity index is 1.48. The SMILES string of the molecule is COC[C@@H]1CN(C)C[C@]12CCN(CCOc1ccc(Cl)cc1)C2. The van der Waals surface area contributed by atoms with E-state index in [1.165, 1.54) is 13.0 Å². The molecule has 2 saturated heterocycles. The first-order valence-corrected chi connectivity index (χ1v) is 8.77. The molecule has 0 bridgehead atoms. The molecule has 23 heavy (non-hydrogen) atoms. The molecule has 128 valence electrons. The molecule has 1 spiro atoms. The van der Waals surface area contributed by atoms with Gasteiger partial charge in [0.25, 0.3) is 0 Å². The van der Waals surface area contributed by atoms with E-state index < -0.39 is 0 Å². The van der Waals surface area contributed by atoms with Crippen LogP contribution in [0.15, 0.2) is 24.3 Å². The second-order valence-corrected chi connectivity index (χ2v) is 7.48. The van der Waals surface area contributed by atoms with Crippen LogP contribution in [0.5, 0.6) is 5.75 Å². The Bertz CT molecular complexity index is 510. The first kappa shape index (κ1) is 17.0. The van der Waals surface area contributed by atoms with Crippen molar-refractivity contribution < 1.29 is 9.47 Å². The number of halogens is 1. The molecule has 0 N–H and O–H groups in total. The minimum atomic E-state index is 0.408. The number of methoxy groups -OCH3 is 1. The third kappa shape index (κ3) is 4.00. The van der Waals surface area contributed by atoms with Gasteiger partial charge < -0.3 is 14.4 Å². The van der Waals surface area contributed by atoms with Crippen LogP contribution >= 0.6 is 11.6 Å². The van der Waals surface area contributed by atoms with Crippen LogP contribution in [0.2, 0.25) is 5.02 Å². The third-order valence-electron chi connectivity index (χ3n) is 5.31. The largest absolute Gasteiger partial charge is 0.492 e. The Labute approximate surface area is 144 Å². The van der Waals surface area contributed by atoms with Gasteiger partial charge >= 0.3 is 0 Å². The Kier molecular flexibility index (Phi) is 5.47. The molecule has 0 amide bonds. The zero-order valence-corrected chi connectivity index (χ0v) is 14.9. The average Bonchev–Trinajstić information content (AvgIpc) is 3.06. The first-order chi connectivity index (χ1) is 11.1.